The van der Waals surface area contributed by atoms with Crippen molar-refractivity contribution >= 4 is 11.3 Å². The summed E-state index contributed by atoms with van der Waals surface area (Å²) in [5.74, 6) is 1.51. The van der Waals surface area contributed by atoms with Crippen LogP contribution in [0.1, 0.15) is 29.2 Å². The van der Waals surface area contributed by atoms with Crippen LogP contribution in [0.25, 0.3) is 0 Å². The van der Waals surface area contributed by atoms with Crippen molar-refractivity contribution in [3.05, 3.63) is 39.8 Å². The predicted molar refractivity (Wildman–Crippen MR) is 76.8 cm³/mol. The minimum atomic E-state index is -0.0851. The first-order valence-corrected chi connectivity index (χ1v) is 6.95. The van der Waals surface area contributed by atoms with Gasteiger partial charge in [0.1, 0.15) is 18.1 Å². The molecule has 0 aliphatic carbocycles. The van der Waals surface area contributed by atoms with Crippen LogP contribution in [-0.4, -0.2) is 12.1 Å². The molecular weight excluding hydrogens is 260 g/mol. The topological polar surface area (TPSA) is 57.4 Å². The lowest BCUT2D eigenvalue weighted by Crippen LogP contribution is -2.08. The molecule has 2 aromatic rings. The van der Waals surface area contributed by atoms with E-state index in [9.17, 15) is 0 Å². The number of methoxy groups -OCH3 is 1. The molecule has 1 aromatic heterocycles. The molecule has 1 aromatic carbocycles. The molecule has 0 aliphatic rings. The molecule has 1 heterocycles. The maximum atomic E-state index is 5.94. The van der Waals surface area contributed by atoms with E-state index in [-0.39, 0.29) is 6.04 Å². The summed E-state index contributed by atoms with van der Waals surface area (Å²) in [5, 5.41) is 3.04. The van der Waals surface area contributed by atoms with Crippen molar-refractivity contribution in [2.75, 3.05) is 7.11 Å². The van der Waals surface area contributed by atoms with Crippen molar-refractivity contribution in [3.63, 3.8) is 0 Å². The lowest BCUT2D eigenvalue weighted by atomic mass is 10.1. The molecule has 4 nitrogen and oxygen atoms in total. The lowest BCUT2D eigenvalue weighted by Gasteiger charge is -2.14. The van der Waals surface area contributed by atoms with Crippen molar-refractivity contribution in [3.8, 4) is 11.5 Å². The van der Waals surface area contributed by atoms with Crippen LogP contribution < -0.4 is 15.2 Å². The molecule has 19 heavy (non-hydrogen) atoms. The quantitative estimate of drug-likeness (QED) is 0.913. The molecular formula is C14H18N2O2S. The molecule has 0 bridgehead atoms. The van der Waals surface area contributed by atoms with E-state index in [1.165, 1.54) is 0 Å². The first-order chi connectivity index (χ1) is 9.10. The van der Waals surface area contributed by atoms with Crippen LogP contribution in [0.2, 0.25) is 0 Å². The molecule has 0 aliphatic heterocycles. The van der Waals surface area contributed by atoms with Crippen LogP contribution >= 0.6 is 11.3 Å². The summed E-state index contributed by atoms with van der Waals surface area (Å²) in [5.41, 5.74) is 7.84. The highest BCUT2D eigenvalue weighted by Gasteiger charge is 2.10. The zero-order valence-corrected chi connectivity index (χ0v) is 12.2. The Kier molecular flexibility index (Phi) is 4.39. The van der Waals surface area contributed by atoms with Gasteiger partial charge in [-0.1, -0.05) is 6.07 Å². The molecule has 0 amide bonds. The van der Waals surface area contributed by atoms with E-state index in [2.05, 4.69) is 4.98 Å². The monoisotopic (exact) mass is 278 g/mol. The number of benzene rings is 1. The molecule has 102 valence electrons. The van der Waals surface area contributed by atoms with Gasteiger partial charge in [0.25, 0.3) is 0 Å². The maximum absolute atomic E-state index is 5.94. The molecule has 0 radical (unpaired) electrons. The van der Waals surface area contributed by atoms with Gasteiger partial charge in [-0.3, -0.25) is 0 Å². The standard InChI is InChI=1S/C14H18N2O2S/c1-9(15)13-5-4-12(17-3)6-14(13)18-7-11-8-19-10(2)16-11/h4-6,8-9H,7,15H2,1-3H3/t9-/m0/s1. The van der Waals surface area contributed by atoms with Gasteiger partial charge in [-0.25, -0.2) is 4.98 Å². The fourth-order valence-electron chi connectivity index (χ4n) is 1.77. The maximum Gasteiger partial charge on any atom is 0.131 e. The van der Waals surface area contributed by atoms with E-state index in [1.54, 1.807) is 18.4 Å². The van der Waals surface area contributed by atoms with Crippen LogP contribution in [0.4, 0.5) is 0 Å². The zero-order chi connectivity index (χ0) is 13.8. The number of aryl methyl sites for hydroxylation is 1. The second-order valence-corrected chi connectivity index (χ2v) is 5.40. The highest BCUT2D eigenvalue weighted by atomic mass is 32.1. The van der Waals surface area contributed by atoms with Gasteiger partial charge >= 0.3 is 0 Å². The Balaban J connectivity index is 2.17. The Bertz CT molecular complexity index is 552. The minimum Gasteiger partial charge on any atom is -0.497 e. The number of hydrogen-bond donors (Lipinski definition) is 1. The molecule has 1 atom stereocenters. The van der Waals surface area contributed by atoms with Crippen LogP contribution in [0.5, 0.6) is 11.5 Å². The van der Waals surface area contributed by atoms with Gasteiger partial charge in [0.2, 0.25) is 0 Å². The van der Waals surface area contributed by atoms with Gasteiger partial charge in [-0.05, 0) is 19.9 Å². The second-order valence-electron chi connectivity index (χ2n) is 4.34. The summed E-state index contributed by atoms with van der Waals surface area (Å²) in [4.78, 5) is 4.37. The second kappa shape index (κ2) is 6.04. The van der Waals surface area contributed by atoms with Crippen LogP contribution in [0.15, 0.2) is 23.6 Å². The third kappa shape index (κ3) is 3.45. The van der Waals surface area contributed by atoms with E-state index in [0.717, 1.165) is 27.8 Å². The Morgan fingerprint density at radius 2 is 2.21 bits per heavy atom. The first-order valence-electron chi connectivity index (χ1n) is 6.07. The average molecular weight is 278 g/mol. The van der Waals surface area contributed by atoms with E-state index >= 15 is 0 Å². The molecule has 2 rings (SSSR count). The van der Waals surface area contributed by atoms with Crippen molar-refractivity contribution < 1.29 is 9.47 Å². The van der Waals surface area contributed by atoms with Crippen LogP contribution in [-0.2, 0) is 6.61 Å². The van der Waals surface area contributed by atoms with Gasteiger partial charge in [0.15, 0.2) is 0 Å². The van der Waals surface area contributed by atoms with Crippen molar-refractivity contribution in [2.24, 2.45) is 5.73 Å². The predicted octanol–water partition coefficient (Wildman–Crippen LogP) is 3.06. The Morgan fingerprint density at radius 3 is 2.79 bits per heavy atom. The number of hydrogen-bond acceptors (Lipinski definition) is 5. The normalized spacial score (nSPS) is 12.2. The van der Waals surface area contributed by atoms with Gasteiger partial charge < -0.3 is 15.2 Å². The van der Waals surface area contributed by atoms with Crippen molar-refractivity contribution in [1.29, 1.82) is 0 Å². The fraction of sp³-hybridized carbons (Fsp3) is 0.357. The zero-order valence-electron chi connectivity index (χ0n) is 11.3. The first kappa shape index (κ1) is 13.8. The van der Waals surface area contributed by atoms with Gasteiger partial charge in [0, 0.05) is 23.1 Å². The third-order valence-corrected chi connectivity index (χ3v) is 3.58. The summed E-state index contributed by atoms with van der Waals surface area (Å²) in [7, 11) is 1.63. The lowest BCUT2D eigenvalue weighted by molar-refractivity contribution is 0.295. The average Bonchev–Trinajstić information content (AvgIpc) is 2.81. The Morgan fingerprint density at radius 1 is 1.42 bits per heavy atom. The summed E-state index contributed by atoms with van der Waals surface area (Å²) >= 11 is 1.62. The molecule has 0 spiro atoms. The Labute approximate surface area is 117 Å². The fourth-order valence-corrected chi connectivity index (χ4v) is 2.37. The summed E-state index contributed by atoms with van der Waals surface area (Å²) in [6, 6.07) is 5.60. The summed E-state index contributed by atoms with van der Waals surface area (Å²) in [6.45, 7) is 4.35. The molecule has 0 saturated heterocycles. The van der Waals surface area contributed by atoms with E-state index < -0.39 is 0 Å². The van der Waals surface area contributed by atoms with Gasteiger partial charge in [0.05, 0.1) is 17.8 Å². The molecule has 0 saturated carbocycles. The Hall–Kier alpha value is -1.59. The number of aromatic nitrogens is 1. The van der Waals surface area contributed by atoms with Gasteiger partial charge in [-0.2, -0.15) is 0 Å². The number of nitrogens with two attached hydrogens (primary N) is 1. The van der Waals surface area contributed by atoms with E-state index in [0.29, 0.717) is 6.61 Å². The van der Waals surface area contributed by atoms with Gasteiger partial charge in [-0.15, -0.1) is 11.3 Å². The third-order valence-electron chi connectivity index (χ3n) is 2.75. The molecule has 0 fully saturated rings. The highest BCUT2D eigenvalue weighted by Crippen LogP contribution is 2.29. The molecule has 0 unspecified atom stereocenters. The number of thiazole rings is 1. The molecule has 2 N–H and O–H groups in total. The van der Waals surface area contributed by atoms with Crippen molar-refractivity contribution in [1.82, 2.24) is 4.98 Å². The van der Waals surface area contributed by atoms with Crippen LogP contribution in [0.3, 0.4) is 0 Å². The summed E-state index contributed by atoms with van der Waals surface area (Å²) in [6.07, 6.45) is 0. The largest absolute Gasteiger partial charge is 0.497 e. The number of nitrogens with zero attached hydrogens (tertiary/aromatic N) is 1. The van der Waals surface area contributed by atoms with Crippen molar-refractivity contribution in [2.45, 2.75) is 26.5 Å². The highest BCUT2D eigenvalue weighted by molar-refractivity contribution is 7.09. The molecule has 5 heteroatoms. The number of ether oxygens (including phenoxy) is 2. The number of rotatable bonds is 5. The van der Waals surface area contributed by atoms with E-state index in [1.807, 2.05) is 37.4 Å². The SMILES string of the molecule is COc1ccc([C@H](C)N)c(OCc2csc(C)n2)c1. The smallest absolute Gasteiger partial charge is 0.131 e. The minimum absolute atomic E-state index is 0.0851. The van der Waals surface area contributed by atoms with E-state index in [4.69, 9.17) is 15.2 Å². The summed E-state index contributed by atoms with van der Waals surface area (Å²) < 4.78 is 11.0. The van der Waals surface area contributed by atoms with Crippen LogP contribution in [0, 0.1) is 6.92 Å².